The highest BCUT2D eigenvalue weighted by Gasteiger charge is 2.27. The summed E-state index contributed by atoms with van der Waals surface area (Å²) in [6.45, 7) is 0.338. The molecule has 2 amide bonds. The van der Waals surface area contributed by atoms with Gasteiger partial charge in [-0.1, -0.05) is 23.9 Å². The van der Waals surface area contributed by atoms with Crippen LogP contribution in [0.1, 0.15) is 16.8 Å². The van der Waals surface area contributed by atoms with Crippen LogP contribution in [-0.2, 0) is 4.79 Å². The number of nitrogens with zero attached hydrogens (tertiary/aromatic N) is 2. The van der Waals surface area contributed by atoms with E-state index in [0.29, 0.717) is 17.1 Å². The van der Waals surface area contributed by atoms with Crippen LogP contribution in [0.2, 0.25) is 0 Å². The molecule has 0 aliphatic carbocycles. The van der Waals surface area contributed by atoms with E-state index in [2.05, 4.69) is 10.3 Å². The Morgan fingerprint density at radius 1 is 1.27 bits per heavy atom. The lowest BCUT2D eigenvalue weighted by Gasteiger charge is -2.22. The summed E-state index contributed by atoms with van der Waals surface area (Å²) in [5.41, 5.74) is 1.39. The SMILES string of the molecule is CNC(=O)CCN1C(=O)c2cccnc2Sc2ccccc21. The number of hydrogen-bond donors (Lipinski definition) is 1. The van der Waals surface area contributed by atoms with Gasteiger partial charge in [0.05, 0.1) is 11.3 Å². The molecule has 0 spiro atoms. The number of nitrogens with one attached hydrogen (secondary N) is 1. The first-order valence-electron chi connectivity index (χ1n) is 6.95. The van der Waals surface area contributed by atoms with E-state index in [1.807, 2.05) is 24.3 Å². The normalized spacial score (nSPS) is 13.1. The van der Waals surface area contributed by atoms with Crippen LogP contribution in [0.4, 0.5) is 5.69 Å². The van der Waals surface area contributed by atoms with E-state index in [4.69, 9.17) is 0 Å². The summed E-state index contributed by atoms with van der Waals surface area (Å²) < 4.78 is 0. The molecule has 0 atom stereocenters. The summed E-state index contributed by atoms with van der Waals surface area (Å²) in [5, 5.41) is 3.28. The van der Waals surface area contributed by atoms with E-state index in [-0.39, 0.29) is 18.2 Å². The van der Waals surface area contributed by atoms with Crippen LogP contribution in [0, 0.1) is 0 Å². The molecule has 1 aromatic carbocycles. The second kappa shape index (κ2) is 6.19. The van der Waals surface area contributed by atoms with Gasteiger partial charge in [0, 0.05) is 31.1 Å². The molecule has 22 heavy (non-hydrogen) atoms. The van der Waals surface area contributed by atoms with Crippen molar-refractivity contribution < 1.29 is 9.59 Å². The van der Waals surface area contributed by atoms with Crippen molar-refractivity contribution in [2.45, 2.75) is 16.3 Å². The van der Waals surface area contributed by atoms with Gasteiger partial charge in [-0.15, -0.1) is 0 Å². The zero-order valence-corrected chi connectivity index (χ0v) is 12.9. The second-order valence-corrected chi connectivity index (χ2v) is 5.84. The number of rotatable bonds is 3. The number of anilines is 1. The quantitative estimate of drug-likeness (QED) is 0.944. The number of aromatic nitrogens is 1. The number of carbonyl (C=O) groups is 2. The molecule has 1 aliphatic heterocycles. The Morgan fingerprint density at radius 3 is 2.91 bits per heavy atom. The lowest BCUT2D eigenvalue weighted by Crippen LogP contribution is -2.34. The Hall–Kier alpha value is -2.34. The maximum Gasteiger partial charge on any atom is 0.261 e. The third kappa shape index (κ3) is 2.69. The van der Waals surface area contributed by atoms with Gasteiger partial charge in [-0.05, 0) is 24.3 Å². The van der Waals surface area contributed by atoms with Crippen molar-refractivity contribution in [3.63, 3.8) is 0 Å². The number of benzene rings is 1. The Bertz CT molecular complexity index is 733. The van der Waals surface area contributed by atoms with Gasteiger partial charge < -0.3 is 10.2 Å². The number of fused-ring (bicyclic) bond motifs is 2. The zero-order chi connectivity index (χ0) is 15.5. The van der Waals surface area contributed by atoms with E-state index in [9.17, 15) is 9.59 Å². The molecule has 1 N–H and O–H groups in total. The molecule has 0 radical (unpaired) electrons. The molecular formula is C16H15N3O2S. The average molecular weight is 313 g/mol. The summed E-state index contributed by atoms with van der Waals surface area (Å²) in [5.74, 6) is -0.210. The first kappa shape index (κ1) is 14.6. The largest absolute Gasteiger partial charge is 0.359 e. The number of carbonyl (C=O) groups excluding carboxylic acids is 2. The monoisotopic (exact) mass is 313 g/mol. The fraction of sp³-hybridized carbons (Fsp3) is 0.188. The van der Waals surface area contributed by atoms with Crippen molar-refractivity contribution in [3.05, 3.63) is 48.2 Å². The van der Waals surface area contributed by atoms with Crippen LogP contribution in [0.5, 0.6) is 0 Å². The molecule has 1 aromatic heterocycles. The number of hydrogen-bond acceptors (Lipinski definition) is 4. The molecule has 5 nitrogen and oxygen atoms in total. The molecule has 3 rings (SSSR count). The molecule has 0 saturated carbocycles. The summed E-state index contributed by atoms with van der Waals surface area (Å²) in [4.78, 5) is 31.3. The highest BCUT2D eigenvalue weighted by Crippen LogP contribution is 2.39. The van der Waals surface area contributed by atoms with E-state index in [0.717, 1.165) is 10.6 Å². The number of para-hydroxylation sites is 1. The standard InChI is InChI=1S/C16H15N3O2S/c1-17-14(20)8-10-19-12-6-2-3-7-13(12)22-15-11(16(19)21)5-4-9-18-15/h2-7,9H,8,10H2,1H3,(H,17,20). The number of pyridine rings is 1. The molecule has 0 bridgehead atoms. The fourth-order valence-electron chi connectivity index (χ4n) is 2.32. The number of amides is 2. The average Bonchev–Trinajstić information content (AvgIpc) is 2.67. The van der Waals surface area contributed by atoms with Crippen molar-refractivity contribution in [1.82, 2.24) is 10.3 Å². The summed E-state index contributed by atoms with van der Waals surface area (Å²) in [6, 6.07) is 11.2. The molecular weight excluding hydrogens is 298 g/mol. The van der Waals surface area contributed by atoms with Gasteiger partial charge in [-0.25, -0.2) is 4.98 Å². The minimum atomic E-state index is -0.121. The second-order valence-electron chi connectivity index (χ2n) is 4.81. The fourth-order valence-corrected chi connectivity index (χ4v) is 3.34. The van der Waals surface area contributed by atoms with Gasteiger partial charge >= 0.3 is 0 Å². The smallest absolute Gasteiger partial charge is 0.261 e. The van der Waals surface area contributed by atoms with Gasteiger partial charge in [0.2, 0.25) is 5.91 Å². The molecule has 2 heterocycles. The lowest BCUT2D eigenvalue weighted by atomic mass is 10.2. The first-order chi connectivity index (χ1) is 10.7. The summed E-state index contributed by atoms with van der Waals surface area (Å²) >= 11 is 1.48. The molecule has 0 unspecified atom stereocenters. The van der Waals surface area contributed by atoms with E-state index in [1.54, 1.807) is 30.3 Å². The highest BCUT2D eigenvalue weighted by molar-refractivity contribution is 7.99. The van der Waals surface area contributed by atoms with Crippen molar-refractivity contribution in [1.29, 1.82) is 0 Å². The van der Waals surface area contributed by atoms with Crippen molar-refractivity contribution in [2.24, 2.45) is 0 Å². The predicted molar refractivity (Wildman–Crippen MR) is 85.2 cm³/mol. The van der Waals surface area contributed by atoms with Gasteiger partial charge in [-0.2, -0.15) is 0 Å². The summed E-state index contributed by atoms with van der Waals surface area (Å²) in [6.07, 6.45) is 1.94. The summed E-state index contributed by atoms with van der Waals surface area (Å²) in [7, 11) is 1.59. The van der Waals surface area contributed by atoms with E-state index >= 15 is 0 Å². The lowest BCUT2D eigenvalue weighted by molar-refractivity contribution is -0.120. The van der Waals surface area contributed by atoms with Crippen LogP contribution in [-0.4, -0.2) is 30.4 Å². The van der Waals surface area contributed by atoms with Gasteiger partial charge in [0.25, 0.3) is 5.91 Å². The molecule has 0 saturated heterocycles. The topological polar surface area (TPSA) is 62.3 Å². The van der Waals surface area contributed by atoms with Crippen LogP contribution >= 0.6 is 11.8 Å². The minimum Gasteiger partial charge on any atom is -0.359 e. The third-order valence-electron chi connectivity index (χ3n) is 3.45. The first-order valence-corrected chi connectivity index (χ1v) is 7.76. The zero-order valence-electron chi connectivity index (χ0n) is 12.1. The van der Waals surface area contributed by atoms with Crippen LogP contribution in [0.15, 0.2) is 52.5 Å². The Morgan fingerprint density at radius 2 is 2.09 bits per heavy atom. The van der Waals surface area contributed by atoms with Crippen LogP contribution < -0.4 is 10.2 Å². The van der Waals surface area contributed by atoms with Crippen molar-refractivity contribution in [3.8, 4) is 0 Å². The maximum absolute atomic E-state index is 12.8. The van der Waals surface area contributed by atoms with E-state index in [1.165, 1.54) is 11.8 Å². The molecule has 6 heteroatoms. The molecule has 2 aromatic rings. The van der Waals surface area contributed by atoms with Crippen LogP contribution in [0.3, 0.4) is 0 Å². The Balaban J connectivity index is 2.03. The van der Waals surface area contributed by atoms with Crippen LogP contribution in [0.25, 0.3) is 0 Å². The van der Waals surface area contributed by atoms with Gasteiger partial charge in [0.15, 0.2) is 0 Å². The minimum absolute atomic E-state index is 0.0893. The van der Waals surface area contributed by atoms with Crippen molar-refractivity contribution in [2.75, 3.05) is 18.5 Å². The van der Waals surface area contributed by atoms with Crippen molar-refractivity contribution >= 4 is 29.3 Å². The Kier molecular flexibility index (Phi) is 4.11. The third-order valence-corrected chi connectivity index (χ3v) is 4.53. The molecule has 1 aliphatic rings. The Labute approximate surface area is 132 Å². The predicted octanol–water partition coefficient (Wildman–Crippen LogP) is 2.33. The molecule has 112 valence electrons. The van der Waals surface area contributed by atoms with E-state index < -0.39 is 0 Å². The van der Waals surface area contributed by atoms with Gasteiger partial charge in [0.1, 0.15) is 5.03 Å². The van der Waals surface area contributed by atoms with Gasteiger partial charge in [-0.3, -0.25) is 9.59 Å². The molecule has 0 fully saturated rings. The highest BCUT2D eigenvalue weighted by atomic mass is 32.2. The maximum atomic E-state index is 12.8.